The van der Waals surface area contributed by atoms with Crippen molar-refractivity contribution in [3.63, 3.8) is 0 Å². The summed E-state index contributed by atoms with van der Waals surface area (Å²) in [6, 6.07) is 9.33. The van der Waals surface area contributed by atoms with Crippen LogP contribution in [-0.2, 0) is 9.53 Å². The quantitative estimate of drug-likeness (QED) is 0.786. The van der Waals surface area contributed by atoms with E-state index in [4.69, 9.17) is 4.74 Å². The summed E-state index contributed by atoms with van der Waals surface area (Å²) < 4.78 is 5.04. The highest BCUT2D eigenvalue weighted by Crippen LogP contribution is 2.32. The molecule has 1 aromatic heterocycles. The van der Waals surface area contributed by atoms with Gasteiger partial charge in [0.2, 0.25) is 0 Å². The molecule has 24 heavy (non-hydrogen) atoms. The van der Waals surface area contributed by atoms with Gasteiger partial charge in [-0.1, -0.05) is 45.9 Å². The molecule has 0 aliphatic heterocycles. The lowest BCUT2D eigenvalue weighted by molar-refractivity contribution is -0.119. The van der Waals surface area contributed by atoms with Crippen LogP contribution in [0.1, 0.15) is 61.1 Å². The van der Waals surface area contributed by atoms with Gasteiger partial charge >= 0.3 is 5.97 Å². The van der Waals surface area contributed by atoms with Crippen molar-refractivity contribution >= 4 is 17.6 Å². The Kier molecular flexibility index (Phi) is 5.79. The Morgan fingerprint density at radius 2 is 1.67 bits per heavy atom. The molecular formula is C19H24N2O3. The summed E-state index contributed by atoms with van der Waals surface area (Å²) >= 11 is 0. The number of H-pyrrole nitrogens is 1. The Morgan fingerprint density at radius 3 is 2.17 bits per heavy atom. The second-order valence-corrected chi connectivity index (χ2v) is 6.33. The largest absolute Gasteiger partial charge is 0.451 e. The lowest BCUT2D eigenvalue weighted by Gasteiger charge is -2.20. The zero-order valence-electron chi connectivity index (χ0n) is 14.6. The van der Waals surface area contributed by atoms with Crippen molar-refractivity contribution in [3.05, 3.63) is 53.3 Å². The molecule has 0 saturated carbocycles. The lowest BCUT2D eigenvalue weighted by atomic mass is 9.92. The number of rotatable bonds is 6. The van der Waals surface area contributed by atoms with E-state index in [2.05, 4.69) is 38.0 Å². The number of hydrogen-bond acceptors (Lipinski definition) is 3. The van der Waals surface area contributed by atoms with Gasteiger partial charge in [0, 0.05) is 11.9 Å². The molecule has 5 heteroatoms. The molecule has 0 saturated heterocycles. The van der Waals surface area contributed by atoms with Crippen molar-refractivity contribution in [1.29, 1.82) is 0 Å². The highest BCUT2D eigenvalue weighted by molar-refractivity contribution is 5.96. The monoisotopic (exact) mass is 328 g/mol. The first-order valence-corrected chi connectivity index (χ1v) is 8.13. The van der Waals surface area contributed by atoms with Crippen LogP contribution in [0.4, 0.5) is 5.69 Å². The number of para-hydroxylation sites is 1. The van der Waals surface area contributed by atoms with Crippen molar-refractivity contribution < 1.29 is 14.3 Å². The molecule has 1 amide bonds. The lowest BCUT2D eigenvalue weighted by Crippen LogP contribution is -2.22. The van der Waals surface area contributed by atoms with Gasteiger partial charge in [-0.3, -0.25) is 4.79 Å². The van der Waals surface area contributed by atoms with E-state index in [1.807, 2.05) is 18.2 Å². The number of aromatic nitrogens is 1. The predicted molar refractivity (Wildman–Crippen MR) is 94.3 cm³/mol. The maximum Gasteiger partial charge on any atom is 0.355 e. The van der Waals surface area contributed by atoms with E-state index in [1.165, 1.54) is 0 Å². The molecule has 0 fully saturated rings. The SMILES string of the molecule is CC(C)c1cccc(C(C)C)c1NC(=O)COC(=O)c1ccc[nH]1. The van der Waals surface area contributed by atoms with Gasteiger partial charge in [-0.2, -0.15) is 0 Å². The van der Waals surface area contributed by atoms with E-state index in [0.29, 0.717) is 5.69 Å². The fraction of sp³-hybridized carbons (Fsp3) is 0.368. The average Bonchev–Trinajstić information content (AvgIpc) is 3.06. The molecule has 0 atom stereocenters. The number of hydrogen-bond donors (Lipinski definition) is 2. The van der Waals surface area contributed by atoms with Crippen LogP contribution in [0.2, 0.25) is 0 Å². The Hall–Kier alpha value is -2.56. The smallest absolute Gasteiger partial charge is 0.355 e. The minimum atomic E-state index is -0.545. The van der Waals surface area contributed by atoms with E-state index in [-0.39, 0.29) is 24.3 Å². The standard InChI is InChI=1S/C19H24N2O3/c1-12(2)14-7-5-8-15(13(3)4)18(14)21-17(22)11-24-19(23)16-9-6-10-20-16/h5-10,12-13,20H,11H2,1-4H3,(H,21,22). The van der Waals surface area contributed by atoms with Crippen LogP contribution in [0.15, 0.2) is 36.5 Å². The van der Waals surface area contributed by atoms with Gasteiger partial charge in [0.1, 0.15) is 5.69 Å². The summed E-state index contributed by atoms with van der Waals surface area (Å²) in [7, 11) is 0. The van der Waals surface area contributed by atoms with Gasteiger partial charge in [-0.15, -0.1) is 0 Å². The molecule has 0 bridgehead atoms. The number of anilines is 1. The zero-order valence-corrected chi connectivity index (χ0v) is 14.6. The first kappa shape index (κ1) is 17.8. The van der Waals surface area contributed by atoms with Crippen molar-refractivity contribution in [2.45, 2.75) is 39.5 Å². The zero-order chi connectivity index (χ0) is 17.7. The van der Waals surface area contributed by atoms with Crippen LogP contribution in [0.3, 0.4) is 0 Å². The average molecular weight is 328 g/mol. The van der Waals surface area contributed by atoms with Crippen LogP contribution >= 0.6 is 0 Å². The summed E-state index contributed by atoms with van der Waals surface area (Å²) in [5, 5.41) is 2.92. The number of esters is 1. The summed E-state index contributed by atoms with van der Waals surface area (Å²) in [6.45, 7) is 8.02. The third-order valence-electron chi connectivity index (χ3n) is 3.79. The summed E-state index contributed by atoms with van der Waals surface area (Å²) in [6.07, 6.45) is 1.63. The van der Waals surface area contributed by atoms with E-state index in [0.717, 1.165) is 16.8 Å². The Balaban J connectivity index is 2.09. The molecule has 1 aromatic carbocycles. The van der Waals surface area contributed by atoms with Crippen molar-refractivity contribution in [2.24, 2.45) is 0 Å². The Morgan fingerprint density at radius 1 is 1.04 bits per heavy atom. The molecule has 1 heterocycles. The molecule has 5 nitrogen and oxygen atoms in total. The summed E-state index contributed by atoms with van der Waals surface area (Å²) in [5.74, 6) is -0.331. The maximum absolute atomic E-state index is 12.2. The molecular weight excluding hydrogens is 304 g/mol. The summed E-state index contributed by atoms with van der Waals surface area (Å²) in [5.41, 5.74) is 3.30. The minimum absolute atomic E-state index is 0.278. The molecule has 0 spiro atoms. The van der Waals surface area contributed by atoms with Gasteiger partial charge in [0.25, 0.3) is 5.91 Å². The van der Waals surface area contributed by atoms with Crippen molar-refractivity contribution in [2.75, 3.05) is 11.9 Å². The van der Waals surface area contributed by atoms with E-state index >= 15 is 0 Å². The second-order valence-electron chi connectivity index (χ2n) is 6.33. The van der Waals surface area contributed by atoms with Gasteiger partial charge in [-0.25, -0.2) is 4.79 Å². The molecule has 0 unspecified atom stereocenters. The normalized spacial score (nSPS) is 10.9. The van der Waals surface area contributed by atoms with Crippen LogP contribution < -0.4 is 5.32 Å². The number of ether oxygens (including phenoxy) is 1. The topological polar surface area (TPSA) is 71.2 Å². The molecule has 2 N–H and O–H groups in total. The third kappa shape index (κ3) is 4.25. The number of nitrogens with one attached hydrogen (secondary N) is 2. The molecule has 0 radical (unpaired) electrons. The molecule has 2 aromatic rings. The van der Waals surface area contributed by atoms with Gasteiger partial charge in [-0.05, 0) is 35.1 Å². The molecule has 0 aliphatic rings. The maximum atomic E-state index is 12.2. The molecule has 0 aliphatic carbocycles. The van der Waals surface area contributed by atoms with Gasteiger partial charge in [0.05, 0.1) is 0 Å². The Bertz CT molecular complexity index is 677. The van der Waals surface area contributed by atoms with Gasteiger partial charge in [0.15, 0.2) is 6.61 Å². The van der Waals surface area contributed by atoms with Crippen LogP contribution in [0, 0.1) is 0 Å². The van der Waals surface area contributed by atoms with E-state index in [9.17, 15) is 9.59 Å². The third-order valence-corrected chi connectivity index (χ3v) is 3.79. The van der Waals surface area contributed by atoms with E-state index < -0.39 is 5.97 Å². The first-order valence-electron chi connectivity index (χ1n) is 8.13. The number of carbonyl (C=O) groups excluding carboxylic acids is 2. The number of amides is 1. The molecule has 128 valence electrons. The fourth-order valence-corrected chi connectivity index (χ4v) is 2.54. The summed E-state index contributed by atoms with van der Waals surface area (Å²) in [4.78, 5) is 26.8. The highest BCUT2D eigenvalue weighted by Gasteiger charge is 2.17. The number of benzene rings is 1. The highest BCUT2D eigenvalue weighted by atomic mass is 16.5. The number of carbonyl (C=O) groups is 2. The van der Waals surface area contributed by atoms with Crippen LogP contribution in [-0.4, -0.2) is 23.5 Å². The van der Waals surface area contributed by atoms with Crippen LogP contribution in [0.25, 0.3) is 0 Å². The fourth-order valence-electron chi connectivity index (χ4n) is 2.54. The number of aromatic amines is 1. The van der Waals surface area contributed by atoms with Crippen LogP contribution in [0.5, 0.6) is 0 Å². The van der Waals surface area contributed by atoms with E-state index in [1.54, 1.807) is 18.3 Å². The minimum Gasteiger partial charge on any atom is -0.451 e. The van der Waals surface area contributed by atoms with Crippen molar-refractivity contribution in [1.82, 2.24) is 4.98 Å². The first-order chi connectivity index (χ1) is 11.4. The van der Waals surface area contributed by atoms with Crippen molar-refractivity contribution in [3.8, 4) is 0 Å². The second kappa shape index (κ2) is 7.81. The molecule has 2 rings (SSSR count). The van der Waals surface area contributed by atoms with Gasteiger partial charge < -0.3 is 15.0 Å². The predicted octanol–water partition coefficient (Wildman–Crippen LogP) is 4.06. The Labute approximate surface area is 142 Å².